The molecule has 1 heterocycles. The van der Waals surface area contributed by atoms with Crippen molar-refractivity contribution in [3.05, 3.63) is 50.6 Å². The Morgan fingerprint density at radius 3 is 2.69 bits per heavy atom. The smallest absolute Gasteiger partial charge is 0.0641 e. The minimum absolute atomic E-state index is 0.673. The Morgan fingerprint density at radius 2 is 1.94 bits per heavy atom. The molecule has 2 nitrogen and oxygen atoms in total. The van der Waals surface area contributed by atoms with Crippen LogP contribution in [-0.4, -0.2) is 4.98 Å². The maximum Gasteiger partial charge on any atom is 0.0641 e. The van der Waals surface area contributed by atoms with Gasteiger partial charge in [-0.15, -0.1) is 0 Å². The van der Waals surface area contributed by atoms with Crippen LogP contribution in [0, 0.1) is 0 Å². The Kier molecular flexibility index (Phi) is 3.84. The molecular weight excluding hydrogens is 355 g/mol. The summed E-state index contributed by atoms with van der Waals surface area (Å²) < 4.78 is 1.87. The summed E-state index contributed by atoms with van der Waals surface area (Å²) in [4.78, 5) is 4.00. The second-order valence-electron chi connectivity index (χ2n) is 3.10. The highest BCUT2D eigenvalue weighted by Gasteiger charge is 2.04. The second kappa shape index (κ2) is 5.17. The second-order valence-corrected chi connectivity index (χ2v) is 5.28. The molecule has 5 heteroatoms. The highest BCUT2D eigenvalue weighted by atomic mass is 79.9. The van der Waals surface area contributed by atoms with Gasteiger partial charge in [-0.2, -0.15) is 0 Å². The molecule has 0 bridgehead atoms. The van der Waals surface area contributed by atoms with Crippen molar-refractivity contribution in [2.75, 3.05) is 5.32 Å². The molecule has 16 heavy (non-hydrogen) atoms. The van der Waals surface area contributed by atoms with Gasteiger partial charge in [-0.05, 0) is 40.2 Å². The van der Waals surface area contributed by atoms with E-state index < -0.39 is 0 Å². The van der Waals surface area contributed by atoms with Crippen LogP contribution in [0.1, 0.15) is 0 Å². The molecule has 0 radical (unpaired) electrons. The number of benzene rings is 1. The summed E-state index contributed by atoms with van der Waals surface area (Å²) in [5.74, 6) is 0. The van der Waals surface area contributed by atoms with E-state index in [4.69, 9.17) is 11.6 Å². The van der Waals surface area contributed by atoms with Crippen LogP contribution in [0.2, 0.25) is 5.02 Å². The summed E-state index contributed by atoms with van der Waals surface area (Å²) in [6.07, 6.45) is 3.45. The van der Waals surface area contributed by atoms with E-state index in [1.807, 2.05) is 24.3 Å². The van der Waals surface area contributed by atoms with Crippen LogP contribution in [0.25, 0.3) is 0 Å². The fourth-order valence-corrected chi connectivity index (χ4v) is 2.09. The number of hydrogen-bond acceptors (Lipinski definition) is 2. The maximum atomic E-state index is 6.08. The first-order valence-corrected chi connectivity index (χ1v) is 6.45. The molecule has 0 atom stereocenters. The van der Waals surface area contributed by atoms with Gasteiger partial charge in [0.05, 0.1) is 20.9 Å². The first-order chi connectivity index (χ1) is 7.66. The van der Waals surface area contributed by atoms with Crippen molar-refractivity contribution < 1.29 is 0 Å². The summed E-state index contributed by atoms with van der Waals surface area (Å²) in [6, 6.07) is 7.54. The van der Waals surface area contributed by atoms with Crippen molar-refractivity contribution >= 4 is 54.8 Å². The topological polar surface area (TPSA) is 24.9 Å². The number of anilines is 2. The minimum Gasteiger partial charge on any atom is -0.353 e. The number of halogens is 3. The molecule has 0 unspecified atom stereocenters. The molecule has 0 aliphatic heterocycles. The Hall–Kier alpha value is -0.580. The largest absolute Gasteiger partial charge is 0.353 e. The van der Waals surface area contributed by atoms with Gasteiger partial charge in [-0.3, -0.25) is 4.98 Å². The Bertz CT molecular complexity index is 517. The number of nitrogens with zero attached hydrogens (tertiary/aromatic N) is 1. The maximum absolute atomic E-state index is 6.08. The van der Waals surface area contributed by atoms with E-state index in [2.05, 4.69) is 42.2 Å². The zero-order chi connectivity index (χ0) is 11.5. The van der Waals surface area contributed by atoms with E-state index >= 15 is 0 Å². The normalized spacial score (nSPS) is 10.2. The molecule has 1 aromatic heterocycles. The molecule has 0 saturated heterocycles. The highest BCUT2D eigenvalue weighted by molar-refractivity contribution is 9.10. The van der Waals surface area contributed by atoms with Gasteiger partial charge < -0.3 is 5.32 Å². The molecule has 0 saturated carbocycles. The van der Waals surface area contributed by atoms with Crippen molar-refractivity contribution in [3.63, 3.8) is 0 Å². The first-order valence-electron chi connectivity index (χ1n) is 4.48. The Labute approximate surface area is 115 Å². The summed E-state index contributed by atoms with van der Waals surface area (Å²) in [7, 11) is 0. The molecule has 2 rings (SSSR count). The van der Waals surface area contributed by atoms with Crippen molar-refractivity contribution in [2.24, 2.45) is 0 Å². The number of nitrogens with one attached hydrogen (secondary N) is 1. The van der Waals surface area contributed by atoms with E-state index in [9.17, 15) is 0 Å². The van der Waals surface area contributed by atoms with Crippen LogP contribution in [0.5, 0.6) is 0 Å². The standard InChI is InChI=1S/C11H7Br2ClN2/c12-7-1-2-9(14)11(5-7)16-10-3-4-15-6-8(10)13/h1-6H,(H,15,16). The quantitative estimate of drug-likeness (QED) is 0.813. The average molecular weight is 362 g/mol. The number of pyridine rings is 1. The van der Waals surface area contributed by atoms with Gasteiger partial charge in [-0.25, -0.2) is 0 Å². The average Bonchev–Trinajstić information content (AvgIpc) is 2.27. The Morgan fingerprint density at radius 1 is 1.12 bits per heavy atom. The summed E-state index contributed by atoms with van der Waals surface area (Å²) in [5, 5.41) is 3.91. The molecule has 0 amide bonds. The van der Waals surface area contributed by atoms with Crippen molar-refractivity contribution in [1.82, 2.24) is 4.98 Å². The first kappa shape index (κ1) is 11.9. The van der Waals surface area contributed by atoms with E-state index in [1.54, 1.807) is 12.4 Å². The Balaban J connectivity index is 2.34. The molecule has 0 spiro atoms. The fraction of sp³-hybridized carbons (Fsp3) is 0. The van der Waals surface area contributed by atoms with Crippen LogP contribution in [-0.2, 0) is 0 Å². The molecule has 0 fully saturated rings. The summed E-state index contributed by atoms with van der Waals surface area (Å²) in [5.41, 5.74) is 1.78. The predicted molar refractivity (Wildman–Crippen MR) is 74.4 cm³/mol. The SMILES string of the molecule is Clc1ccc(Br)cc1Nc1ccncc1Br. The molecule has 1 N–H and O–H groups in total. The van der Waals surface area contributed by atoms with Crippen molar-refractivity contribution in [1.29, 1.82) is 0 Å². The summed E-state index contributed by atoms with van der Waals surface area (Å²) in [6.45, 7) is 0. The van der Waals surface area contributed by atoms with E-state index in [1.165, 1.54) is 0 Å². The highest BCUT2D eigenvalue weighted by Crippen LogP contribution is 2.31. The van der Waals surface area contributed by atoms with E-state index in [0.29, 0.717) is 5.02 Å². The van der Waals surface area contributed by atoms with Crippen LogP contribution in [0.4, 0.5) is 11.4 Å². The van der Waals surface area contributed by atoms with Gasteiger partial charge in [0.25, 0.3) is 0 Å². The monoisotopic (exact) mass is 360 g/mol. The fourth-order valence-electron chi connectivity index (χ4n) is 1.21. The zero-order valence-corrected chi connectivity index (χ0v) is 12.0. The summed E-state index contributed by atoms with van der Waals surface area (Å²) >= 11 is 12.9. The number of hydrogen-bond donors (Lipinski definition) is 1. The predicted octanol–water partition coefficient (Wildman–Crippen LogP) is 5.00. The zero-order valence-electron chi connectivity index (χ0n) is 8.05. The molecule has 0 aliphatic rings. The lowest BCUT2D eigenvalue weighted by molar-refractivity contribution is 1.30. The minimum atomic E-state index is 0.673. The number of rotatable bonds is 2. The number of aromatic nitrogens is 1. The lowest BCUT2D eigenvalue weighted by atomic mass is 10.3. The van der Waals surface area contributed by atoms with Crippen molar-refractivity contribution in [2.45, 2.75) is 0 Å². The van der Waals surface area contributed by atoms with Crippen LogP contribution >= 0.6 is 43.5 Å². The van der Waals surface area contributed by atoms with Gasteiger partial charge in [0.15, 0.2) is 0 Å². The van der Waals surface area contributed by atoms with Crippen LogP contribution in [0.15, 0.2) is 45.6 Å². The molecular formula is C11H7Br2ClN2. The lowest BCUT2D eigenvalue weighted by Crippen LogP contribution is -1.92. The molecule has 2 aromatic rings. The van der Waals surface area contributed by atoms with Gasteiger partial charge in [0.2, 0.25) is 0 Å². The van der Waals surface area contributed by atoms with Crippen LogP contribution in [0.3, 0.4) is 0 Å². The van der Waals surface area contributed by atoms with Crippen molar-refractivity contribution in [3.8, 4) is 0 Å². The van der Waals surface area contributed by atoms with Gasteiger partial charge in [0.1, 0.15) is 0 Å². The third-order valence-corrected chi connectivity index (χ3v) is 3.42. The molecule has 82 valence electrons. The van der Waals surface area contributed by atoms with Gasteiger partial charge in [0, 0.05) is 16.9 Å². The third-order valence-electron chi connectivity index (χ3n) is 1.97. The van der Waals surface area contributed by atoms with Gasteiger partial charge >= 0.3 is 0 Å². The molecule has 0 aliphatic carbocycles. The lowest BCUT2D eigenvalue weighted by Gasteiger charge is -2.09. The van der Waals surface area contributed by atoms with E-state index in [-0.39, 0.29) is 0 Å². The van der Waals surface area contributed by atoms with Crippen LogP contribution < -0.4 is 5.32 Å². The van der Waals surface area contributed by atoms with E-state index in [0.717, 1.165) is 20.3 Å². The third kappa shape index (κ3) is 2.75. The molecule has 1 aromatic carbocycles. The van der Waals surface area contributed by atoms with Gasteiger partial charge in [-0.1, -0.05) is 27.5 Å².